The molecule has 0 aliphatic carbocycles. The van der Waals surface area contributed by atoms with Crippen molar-refractivity contribution in [2.24, 2.45) is 0 Å². The van der Waals surface area contributed by atoms with E-state index < -0.39 is 5.76 Å². The van der Waals surface area contributed by atoms with E-state index in [1.54, 1.807) is 17.0 Å². The quantitative estimate of drug-likeness (QED) is 0.680. The molecule has 1 aliphatic rings. The summed E-state index contributed by atoms with van der Waals surface area (Å²) in [5, 5.41) is 4.71. The monoisotopic (exact) mass is 388 g/mol. The Morgan fingerprint density at radius 2 is 1.96 bits per heavy atom. The number of anilines is 1. The Morgan fingerprint density at radius 3 is 2.67 bits per heavy atom. The molecule has 1 fully saturated rings. The zero-order valence-corrected chi connectivity index (χ0v) is 15.1. The van der Waals surface area contributed by atoms with Crippen LogP contribution in [0.2, 0.25) is 5.02 Å². The summed E-state index contributed by atoms with van der Waals surface area (Å²) in [6.07, 6.45) is 1.46. The molecule has 1 amide bonds. The van der Waals surface area contributed by atoms with E-state index in [9.17, 15) is 9.59 Å². The van der Waals surface area contributed by atoms with Crippen molar-refractivity contribution < 1.29 is 13.6 Å². The number of aromatic nitrogens is 2. The Bertz CT molecular complexity index is 987. The van der Waals surface area contributed by atoms with Gasteiger partial charge in [0, 0.05) is 36.9 Å². The van der Waals surface area contributed by atoms with Gasteiger partial charge in [0.15, 0.2) is 5.76 Å². The Morgan fingerprint density at radius 1 is 1.15 bits per heavy atom. The third-order valence-electron chi connectivity index (χ3n) is 4.43. The third-order valence-corrected chi connectivity index (χ3v) is 4.66. The lowest BCUT2D eigenvalue weighted by molar-refractivity contribution is -0.132. The summed E-state index contributed by atoms with van der Waals surface area (Å²) in [6, 6.07) is 10.9. The molecule has 27 heavy (non-hydrogen) atoms. The standard InChI is InChI=1S/C18H17ClN4O4/c19-13-3-1-4-14(11-13)21-6-8-22(9-7-21)16(24)12-23-18(25)27-17(20-23)15-5-2-10-26-15/h1-5,10-11H,6-9,12H2. The number of carbonyl (C=O) groups excluding carboxylic acids is 1. The van der Waals surface area contributed by atoms with Crippen LogP contribution < -0.4 is 10.7 Å². The molecule has 1 aromatic carbocycles. The fraction of sp³-hybridized carbons (Fsp3) is 0.278. The van der Waals surface area contributed by atoms with Crippen molar-refractivity contribution in [3.8, 4) is 11.7 Å². The van der Waals surface area contributed by atoms with Crippen LogP contribution in [0.3, 0.4) is 0 Å². The molecule has 0 spiro atoms. The predicted molar refractivity (Wildman–Crippen MR) is 98.7 cm³/mol. The van der Waals surface area contributed by atoms with E-state index in [2.05, 4.69) is 10.00 Å². The van der Waals surface area contributed by atoms with Crippen LogP contribution in [0.25, 0.3) is 11.7 Å². The largest absolute Gasteiger partial charge is 0.459 e. The minimum Gasteiger partial charge on any atom is -0.459 e. The van der Waals surface area contributed by atoms with Gasteiger partial charge >= 0.3 is 5.76 Å². The summed E-state index contributed by atoms with van der Waals surface area (Å²) in [5.41, 5.74) is 1.03. The lowest BCUT2D eigenvalue weighted by atomic mass is 10.2. The van der Waals surface area contributed by atoms with Gasteiger partial charge in [0.25, 0.3) is 5.89 Å². The van der Waals surface area contributed by atoms with Crippen molar-refractivity contribution in [3.05, 3.63) is 58.2 Å². The maximum atomic E-state index is 12.5. The SMILES string of the molecule is O=C(Cn1nc(-c2ccco2)oc1=O)N1CCN(c2cccc(Cl)c2)CC1. The van der Waals surface area contributed by atoms with E-state index in [1.807, 2.05) is 24.3 Å². The van der Waals surface area contributed by atoms with Crippen LogP contribution in [0.15, 0.2) is 56.3 Å². The number of carbonyl (C=O) groups is 1. The zero-order chi connectivity index (χ0) is 18.8. The van der Waals surface area contributed by atoms with E-state index in [4.69, 9.17) is 20.4 Å². The minimum atomic E-state index is -0.688. The normalized spacial score (nSPS) is 14.6. The molecule has 1 saturated heterocycles. The fourth-order valence-electron chi connectivity index (χ4n) is 3.02. The van der Waals surface area contributed by atoms with Crippen LogP contribution in [0, 0.1) is 0 Å². The minimum absolute atomic E-state index is 0.0589. The van der Waals surface area contributed by atoms with E-state index in [1.165, 1.54) is 6.26 Å². The Kier molecular flexibility index (Phi) is 4.72. The zero-order valence-electron chi connectivity index (χ0n) is 14.4. The van der Waals surface area contributed by atoms with E-state index in [0.29, 0.717) is 37.0 Å². The lowest BCUT2D eigenvalue weighted by Crippen LogP contribution is -2.50. The summed E-state index contributed by atoms with van der Waals surface area (Å²) >= 11 is 6.04. The van der Waals surface area contributed by atoms with Crippen LogP contribution in [0.1, 0.15) is 0 Å². The van der Waals surface area contributed by atoms with Crippen LogP contribution in [-0.4, -0.2) is 46.8 Å². The Labute approximate surface area is 159 Å². The molecular weight excluding hydrogens is 372 g/mol. The maximum absolute atomic E-state index is 12.5. The summed E-state index contributed by atoms with van der Waals surface area (Å²) < 4.78 is 11.2. The van der Waals surface area contributed by atoms with Crippen LogP contribution in [0.5, 0.6) is 0 Å². The highest BCUT2D eigenvalue weighted by molar-refractivity contribution is 6.30. The highest BCUT2D eigenvalue weighted by Crippen LogP contribution is 2.21. The second-order valence-electron chi connectivity index (χ2n) is 6.16. The van der Waals surface area contributed by atoms with Gasteiger partial charge in [-0.25, -0.2) is 4.79 Å². The van der Waals surface area contributed by atoms with E-state index in [-0.39, 0.29) is 18.3 Å². The van der Waals surface area contributed by atoms with Crippen LogP contribution in [0.4, 0.5) is 5.69 Å². The van der Waals surface area contributed by atoms with E-state index >= 15 is 0 Å². The van der Waals surface area contributed by atoms with Gasteiger partial charge in [-0.1, -0.05) is 17.7 Å². The molecule has 0 bridgehead atoms. The van der Waals surface area contributed by atoms with Gasteiger partial charge in [-0.15, -0.1) is 5.10 Å². The number of halogens is 1. The first-order valence-electron chi connectivity index (χ1n) is 8.50. The molecule has 8 nitrogen and oxygen atoms in total. The molecule has 1 aliphatic heterocycles. The number of hydrogen-bond donors (Lipinski definition) is 0. The molecule has 3 heterocycles. The van der Waals surface area contributed by atoms with Gasteiger partial charge in [-0.05, 0) is 30.3 Å². The number of benzene rings is 1. The van der Waals surface area contributed by atoms with Crippen molar-refractivity contribution >= 4 is 23.2 Å². The van der Waals surface area contributed by atoms with Gasteiger partial charge in [-0.3, -0.25) is 4.79 Å². The fourth-order valence-corrected chi connectivity index (χ4v) is 3.21. The Balaban J connectivity index is 1.38. The molecule has 3 aromatic rings. The topological polar surface area (TPSA) is 84.7 Å². The van der Waals surface area contributed by atoms with E-state index in [0.717, 1.165) is 10.4 Å². The summed E-state index contributed by atoms with van der Waals surface area (Å²) in [5.74, 6) is -0.466. The molecule has 0 atom stereocenters. The number of rotatable bonds is 4. The van der Waals surface area contributed by atoms with Gasteiger partial charge < -0.3 is 18.6 Å². The number of furan rings is 1. The Hall–Kier alpha value is -3.00. The first-order chi connectivity index (χ1) is 13.1. The number of amides is 1. The first kappa shape index (κ1) is 17.4. The molecule has 9 heteroatoms. The van der Waals surface area contributed by atoms with Crippen LogP contribution in [-0.2, 0) is 11.3 Å². The molecule has 0 N–H and O–H groups in total. The molecule has 0 radical (unpaired) electrons. The average Bonchev–Trinajstić information content (AvgIpc) is 3.32. The smallest absolute Gasteiger partial charge is 0.437 e. The van der Waals surface area contributed by atoms with Gasteiger partial charge in [0.2, 0.25) is 5.91 Å². The predicted octanol–water partition coefficient (Wildman–Crippen LogP) is 2.10. The molecule has 4 rings (SSSR count). The highest BCUT2D eigenvalue weighted by Gasteiger charge is 2.23. The average molecular weight is 389 g/mol. The third kappa shape index (κ3) is 3.75. The second kappa shape index (κ2) is 7.32. The van der Waals surface area contributed by atoms with Crippen LogP contribution >= 0.6 is 11.6 Å². The molecule has 0 saturated carbocycles. The maximum Gasteiger partial charge on any atom is 0.437 e. The lowest BCUT2D eigenvalue weighted by Gasteiger charge is -2.36. The highest BCUT2D eigenvalue weighted by atomic mass is 35.5. The van der Waals surface area contributed by atoms with Crippen molar-refractivity contribution in [3.63, 3.8) is 0 Å². The molecule has 140 valence electrons. The number of hydrogen-bond acceptors (Lipinski definition) is 6. The molecule has 0 unspecified atom stereocenters. The molecule has 2 aromatic heterocycles. The number of nitrogens with zero attached hydrogens (tertiary/aromatic N) is 4. The number of piperazine rings is 1. The summed E-state index contributed by atoms with van der Waals surface area (Å²) in [7, 11) is 0. The van der Waals surface area contributed by atoms with Crippen molar-refractivity contribution in [1.29, 1.82) is 0 Å². The molecular formula is C18H17ClN4O4. The summed E-state index contributed by atoms with van der Waals surface area (Å²) in [6.45, 7) is 2.33. The summed E-state index contributed by atoms with van der Waals surface area (Å²) in [4.78, 5) is 28.3. The van der Waals surface area contributed by atoms with Crippen molar-refractivity contribution in [1.82, 2.24) is 14.7 Å². The van der Waals surface area contributed by atoms with Gasteiger partial charge in [0.1, 0.15) is 6.54 Å². The van der Waals surface area contributed by atoms with Gasteiger partial charge in [-0.2, -0.15) is 4.68 Å². The second-order valence-corrected chi connectivity index (χ2v) is 6.59. The van der Waals surface area contributed by atoms with Crippen molar-refractivity contribution in [2.75, 3.05) is 31.1 Å². The first-order valence-corrected chi connectivity index (χ1v) is 8.88. The van der Waals surface area contributed by atoms with Crippen molar-refractivity contribution in [2.45, 2.75) is 6.54 Å². The van der Waals surface area contributed by atoms with Gasteiger partial charge in [0.05, 0.1) is 6.26 Å².